The first kappa shape index (κ1) is 13.7. The first-order chi connectivity index (χ1) is 10.2. The van der Waals surface area contributed by atoms with Gasteiger partial charge >= 0.3 is 0 Å². The lowest BCUT2D eigenvalue weighted by molar-refractivity contribution is -0.139. The molecule has 2 aromatic rings. The summed E-state index contributed by atoms with van der Waals surface area (Å²) in [7, 11) is 0. The first-order valence-electron chi connectivity index (χ1n) is 6.97. The molecule has 0 N–H and O–H groups in total. The van der Waals surface area contributed by atoms with Gasteiger partial charge in [0.1, 0.15) is 5.82 Å². The van der Waals surface area contributed by atoms with Gasteiger partial charge in [-0.3, -0.25) is 14.6 Å². The van der Waals surface area contributed by atoms with Crippen LogP contribution in [0.4, 0.5) is 4.39 Å². The highest BCUT2D eigenvalue weighted by molar-refractivity contribution is 6.23. The maximum absolute atomic E-state index is 13.5. The molecule has 0 spiro atoms. The molecule has 4 nitrogen and oxygen atoms in total. The molecule has 108 valence electrons. The topological polar surface area (TPSA) is 50.3 Å². The van der Waals surface area contributed by atoms with Gasteiger partial charge in [0.05, 0.1) is 5.52 Å². The molecule has 21 heavy (non-hydrogen) atoms. The Balaban J connectivity index is 1.87. The predicted octanol–water partition coefficient (Wildman–Crippen LogP) is 2.28. The Morgan fingerprint density at radius 2 is 2.05 bits per heavy atom. The number of carbonyl (C=O) groups is 2. The highest BCUT2D eigenvalue weighted by atomic mass is 19.1. The van der Waals surface area contributed by atoms with Crippen molar-refractivity contribution in [3.8, 4) is 0 Å². The SMILES string of the molecule is O=CC(=O)N1CCC(c2ccnc3ccc(F)cc23)CC1. The van der Waals surface area contributed by atoms with Crippen molar-refractivity contribution in [3.05, 3.63) is 41.8 Å². The van der Waals surface area contributed by atoms with Crippen LogP contribution in [0.5, 0.6) is 0 Å². The Labute approximate surface area is 121 Å². The summed E-state index contributed by atoms with van der Waals surface area (Å²) in [5.74, 6) is -0.475. The molecule has 0 unspecified atom stereocenters. The molecule has 1 aliphatic rings. The molecule has 1 aromatic carbocycles. The van der Waals surface area contributed by atoms with Crippen LogP contribution in [0.15, 0.2) is 30.5 Å². The minimum atomic E-state index is -0.459. The number of fused-ring (bicyclic) bond motifs is 1. The molecule has 0 saturated carbocycles. The molecular formula is C16H15FN2O2. The van der Waals surface area contributed by atoms with E-state index in [2.05, 4.69) is 4.98 Å². The van der Waals surface area contributed by atoms with Crippen LogP contribution in [0.1, 0.15) is 24.3 Å². The van der Waals surface area contributed by atoms with Crippen LogP contribution in [0.3, 0.4) is 0 Å². The van der Waals surface area contributed by atoms with Crippen molar-refractivity contribution in [1.82, 2.24) is 9.88 Å². The van der Waals surface area contributed by atoms with Gasteiger partial charge < -0.3 is 4.90 Å². The van der Waals surface area contributed by atoms with Crippen LogP contribution >= 0.6 is 0 Å². The molecule has 1 amide bonds. The van der Waals surface area contributed by atoms with Gasteiger partial charge in [-0.2, -0.15) is 0 Å². The van der Waals surface area contributed by atoms with Crippen LogP contribution < -0.4 is 0 Å². The number of pyridine rings is 1. The molecule has 0 atom stereocenters. The van der Waals surface area contributed by atoms with Crippen LogP contribution in [-0.4, -0.2) is 35.2 Å². The maximum Gasteiger partial charge on any atom is 0.286 e. The predicted molar refractivity (Wildman–Crippen MR) is 76.3 cm³/mol. The quantitative estimate of drug-likeness (QED) is 0.628. The van der Waals surface area contributed by atoms with Gasteiger partial charge in [0, 0.05) is 24.7 Å². The van der Waals surface area contributed by atoms with Crippen LogP contribution in [0, 0.1) is 5.82 Å². The molecule has 0 bridgehead atoms. The van der Waals surface area contributed by atoms with Gasteiger partial charge in [-0.05, 0) is 48.6 Å². The fourth-order valence-corrected chi connectivity index (χ4v) is 2.98. The number of carbonyl (C=O) groups excluding carboxylic acids is 2. The summed E-state index contributed by atoms with van der Waals surface area (Å²) < 4.78 is 13.5. The number of likely N-dealkylation sites (tertiary alicyclic amines) is 1. The Kier molecular flexibility index (Phi) is 3.64. The average Bonchev–Trinajstić information content (AvgIpc) is 2.53. The number of piperidine rings is 1. The summed E-state index contributed by atoms with van der Waals surface area (Å²) in [6, 6.07) is 6.52. The lowest BCUT2D eigenvalue weighted by atomic mass is 9.87. The summed E-state index contributed by atoms with van der Waals surface area (Å²) in [5.41, 5.74) is 1.85. The van der Waals surface area contributed by atoms with E-state index in [-0.39, 0.29) is 11.7 Å². The monoisotopic (exact) mass is 286 g/mol. The lowest BCUT2D eigenvalue weighted by Gasteiger charge is -2.31. The molecule has 3 rings (SSSR count). The van der Waals surface area contributed by atoms with E-state index in [1.54, 1.807) is 17.2 Å². The molecule has 0 radical (unpaired) electrons. The molecule has 1 saturated heterocycles. The van der Waals surface area contributed by atoms with E-state index in [0.717, 1.165) is 29.3 Å². The van der Waals surface area contributed by atoms with Crippen LogP contribution in [0.2, 0.25) is 0 Å². The van der Waals surface area contributed by atoms with Crippen molar-refractivity contribution in [2.45, 2.75) is 18.8 Å². The number of amides is 1. The maximum atomic E-state index is 13.5. The van der Waals surface area contributed by atoms with E-state index in [1.807, 2.05) is 6.07 Å². The molecule has 1 aromatic heterocycles. The average molecular weight is 286 g/mol. The lowest BCUT2D eigenvalue weighted by Crippen LogP contribution is -2.38. The third kappa shape index (κ3) is 2.63. The zero-order valence-electron chi connectivity index (χ0n) is 11.5. The van der Waals surface area contributed by atoms with Gasteiger partial charge in [-0.25, -0.2) is 4.39 Å². The molecule has 5 heteroatoms. The minimum absolute atomic E-state index is 0.257. The van der Waals surface area contributed by atoms with E-state index < -0.39 is 5.91 Å². The van der Waals surface area contributed by atoms with Crippen LogP contribution in [-0.2, 0) is 9.59 Å². The Morgan fingerprint density at radius 3 is 2.76 bits per heavy atom. The summed E-state index contributed by atoms with van der Waals surface area (Å²) in [6.45, 7) is 1.11. The summed E-state index contributed by atoms with van der Waals surface area (Å²) in [4.78, 5) is 27.7. The van der Waals surface area contributed by atoms with E-state index in [1.165, 1.54) is 12.1 Å². The number of aromatic nitrogens is 1. The minimum Gasteiger partial charge on any atom is -0.336 e. The zero-order valence-corrected chi connectivity index (χ0v) is 11.5. The Bertz CT molecular complexity index is 694. The van der Waals surface area contributed by atoms with Gasteiger partial charge in [-0.15, -0.1) is 0 Å². The van der Waals surface area contributed by atoms with Gasteiger partial charge in [-0.1, -0.05) is 0 Å². The number of rotatable bonds is 2. The zero-order chi connectivity index (χ0) is 14.8. The van der Waals surface area contributed by atoms with Crippen molar-refractivity contribution in [3.63, 3.8) is 0 Å². The fraction of sp³-hybridized carbons (Fsp3) is 0.312. The molecular weight excluding hydrogens is 271 g/mol. The number of benzene rings is 1. The van der Waals surface area contributed by atoms with Crippen molar-refractivity contribution >= 4 is 23.1 Å². The smallest absolute Gasteiger partial charge is 0.286 e. The number of hydrogen-bond donors (Lipinski definition) is 0. The number of halogens is 1. The highest BCUT2D eigenvalue weighted by Crippen LogP contribution is 2.32. The summed E-state index contributed by atoms with van der Waals surface area (Å²) >= 11 is 0. The van der Waals surface area contributed by atoms with Crippen molar-refractivity contribution in [2.75, 3.05) is 13.1 Å². The second kappa shape index (κ2) is 5.60. The molecule has 1 aliphatic heterocycles. The second-order valence-electron chi connectivity index (χ2n) is 5.28. The standard InChI is InChI=1S/C16H15FN2O2/c17-12-1-2-15-14(9-12)13(3-6-18-15)11-4-7-19(8-5-11)16(21)10-20/h1-3,6,9-11H,4-5,7-8H2. The largest absolute Gasteiger partial charge is 0.336 e. The van der Waals surface area contributed by atoms with E-state index in [4.69, 9.17) is 0 Å². The number of hydrogen-bond acceptors (Lipinski definition) is 3. The van der Waals surface area contributed by atoms with Crippen molar-refractivity contribution in [1.29, 1.82) is 0 Å². The number of aldehydes is 1. The van der Waals surface area contributed by atoms with Gasteiger partial charge in [0.15, 0.2) is 0 Å². The van der Waals surface area contributed by atoms with E-state index >= 15 is 0 Å². The third-order valence-electron chi connectivity index (χ3n) is 4.08. The molecule has 2 heterocycles. The Hall–Kier alpha value is -2.30. The van der Waals surface area contributed by atoms with E-state index in [9.17, 15) is 14.0 Å². The van der Waals surface area contributed by atoms with Crippen molar-refractivity contribution in [2.24, 2.45) is 0 Å². The van der Waals surface area contributed by atoms with Crippen LogP contribution in [0.25, 0.3) is 10.9 Å². The summed E-state index contributed by atoms with van der Waals surface area (Å²) in [6.07, 6.45) is 3.64. The summed E-state index contributed by atoms with van der Waals surface area (Å²) in [5, 5.41) is 0.831. The highest BCUT2D eigenvalue weighted by Gasteiger charge is 2.24. The third-order valence-corrected chi connectivity index (χ3v) is 4.08. The fourth-order valence-electron chi connectivity index (χ4n) is 2.98. The second-order valence-corrected chi connectivity index (χ2v) is 5.28. The molecule has 0 aliphatic carbocycles. The van der Waals surface area contributed by atoms with E-state index in [0.29, 0.717) is 19.4 Å². The Morgan fingerprint density at radius 1 is 1.29 bits per heavy atom. The normalized spacial score (nSPS) is 16.1. The number of nitrogens with zero attached hydrogens (tertiary/aromatic N) is 2. The van der Waals surface area contributed by atoms with Crippen molar-refractivity contribution < 1.29 is 14.0 Å². The molecule has 1 fully saturated rings. The van der Waals surface area contributed by atoms with Gasteiger partial charge in [0.25, 0.3) is 5.91 Å². The van der Waals surface area contributed by atoms with Gasteiger partial charge in [0.2, 0.25) is 6.29 Å². The first-order valence-corrected chi connectivity index (χ1v) is 6.97.